The highest BCUT2D eigenvalue weighted by atomic mass is 16.2. The van der Waals surface area contributed by atoms with Crippen molar-refractivity contribution in [1.82, 2.24) is 23.1 Å². The van der Waals surface area contributed by atoms with Crippen LogP contribution in [0.25, 0.3) is 22.6 Å². The average molecular weight is 428 g/mol. The number of rotatable bonds is 3. The Morgan fingerprint density at radius 2 is 1.62 bits per heavy atom. The first kappa shape index (κ1) is 19.9. The van der Waals surface area contributed by atoms with Crippen LogP contribution in [0.15, 0.2) is 58.1 Å². The van der Waals surface area contributed by atoms with Gasteiger partial charge in [-0.1, -0.05) is 42.0 Å². The van der Waals surface area contributed by atoms with E-state index in [0.29, 0.717) is 22.6 Å². The summed E-state index contributed by atoms with van der Waals surface area (Å²) in [6, 6.07) is 15.3. The number of benzene rings is 2. The minimum atomic E-state index is -0.399. The molecule has 0 saturated carbocycles. The molecule has 8 nitrogen and oxygen atoms in total. The molecule has 0 spiro atoms. The number of aromatic nitrogens is 5. The number of nitrogen functional groups attached to an aromatic ring is 1. The van der Waals surface area contributed by atoms with Crippen LogP contribution in [0.1, 0.15) is 22.5 Å². The smallest absolute Gasteiger partial charge is 0.332 e. The molecule has 5 rings (SSSR count). The lowest BCUT2D eigenvalue weighted by molar-refractivity contribution is 0.656. The number of hydrogen-bond acceptors (Lipinski definition) is 4. The third-order valence-corrected chi connectivity index (χ3v) is 6.16. The molecular formula is C24H24N6O2. The maximum absolute atomic E-state index is 13.6. The van der Waals surface area contributed by atoms with Gasteiger partial charge in [0.25, 0.3) is 5.56 Å². The molecule has 0 fully saturated rings. The SMILES string of the molecule is Cc1ccc(Cn2c(=O)c3c(nc4n(-c5ccccc5N)c(C)c(C)n34)n(C)c2=O)cc1. The van der Waals surface area contributed by atoms with Crippen molar-refractivity contribution in [3.8, 4) is 5.69 Å². The van der Waals surface area contributed by atoms with Crippen LogP contribution in [-0.4, -0.2) is 23.1 Å². The minimum absolute atomic E-state index is 0.194. The number of anilines is 1. The van der Waals surface area contributed by atoms with Gasteiger partial charge < -0.3 is 5.73 Å². The normalized spacial score (nSPS) is 11.6. The molecule has 3 heterocycles. The maximum atomic E-state index is 13.6. The Labute approximate surface area is 183 Å². The first-order valence-corrected chi connectivity index (χ1v) is 10.4. The zero-order valence-electron chi connectivity index (χ0n) is 18.5. The average Bonchev–Trinajstić information content (AvgIpc) is 3.27. The van der Waals surface area contributed by atoms with Crippen LogP contribution in [0.5, 0.6) is 0 Å². The number of fused-ring (bicyclic) bond motifs is 3. The fraction of sp³-hybridized carbons (Fsp3) is 0.208. The van der Waals surface area contributed by atoms with Crippen molar-refractivity contribution in [3.63, 3.8) is 0 Å². The lowest BCUT2D eigenvalue weighted by Gasteiger charge is -2.10. The minimum Gasteiger partial charge on any atom is -0.397 e. The molecule has 0 saturated heterocycles. The van der Waals surface area contributed by atoms with Gasteiger partial charge >= 0.3 is 5.69 Å². The van der Waals surface area contributed by atoms with Crippen LogP contribution >= 0.6 is 0 Å². The first-order chi connectivity index (χ1) is 15.3. The second-order valence-corrected chi connectivity index (χ2v) is 8.20. The maximum Gasteiger partial charge on any atom is 0.332 e. The highest BCUT2D eigenvalue weighted by molar-refractivity contribution is 5.78. The number of imidazole rings is 2. The van der Waals surface area contributed by atoms with E-state index in [2.05, 4.69) is 0 Å². The van der Waals surface area contributed by atoms with Crippen LogP contribution in [0.2, 0.25) is 0 Å². The molecule has 8 heteroatoms. The van der Waals surface area contributed by atoms with Gasteiger partial charge in [-0.3, -0.25) is 22.9 Å². The zero-order chi connectivity index (χ0) is 22.7. The van der Waals surface area contributed by atoms with E-state index in [0.717, 1.165) is 28.2 Å². The highest BCUT2D eigenvalue weighted by Crippen LogP contribution is 2.27. The summed E-state index contributed by atoms with van der Waals surface area (Å²) >= 11 is 0. The fourth-order valence-electron chi connectivity index (χ4n) is 4.25. The van der Waals surface area contributed by atoms with Crippen molar-refractivity contribution >= 4 is 22.6 Å². The molecule has 0 bridgehead atoms. The summed E-state index contributed by atoms with van der Waals surface area (Å²) in [5.41, 5.74) is 11.4. The van der Waals surface area contributed by atoms with Crippen LogP contribution in [0.3, 0.4) is 0 Å². The summed E-state index contributed by atoms with van der Waals surface area (Å²) in [4.78, 5) is 31.4. The lowest BCUT2D eigenvalue weighted by Crippen LogP contribution is -2.39. The van der Waals surface area contributed by atoms with E-state index >= 15 is 0 Å². The van der Waals surface area contributed by atoms with Gasteiger partial charge in [0, 0.05) is 18.4 Å². The molecule has 3 aromatic heterocycles. The van der Waals surface area contributed by atoms with Crippen LogP contribution in [0, 0.1) is 20.8 Å². The highest BCUT2D eigenvalue weighted by Gasteiger charge is 2.23. The monoisotopic (exact) mass is 428 g/mol. The molecule has 0 aliphatic carbocycles. The van der Waals surface area contributed by atoms with Gasteiger partial charge in [0.15, 0.2) is 11.2 Å². The van der Waals surface area contributed by atoms with Gasteiger partial charge in [0.2, 0.25) is 5.78 Å². The molecule has 5 aromatic rings. The number of nitrogens with two attached hydrogens (primary N) is 1. The second kappa shape index (κ2) is 6.98. The Morgan fingerprint density at radius 3 is 2.31 bits per heavy atom. The van der Waals surface area contributed by atoms with E-state index in [1.165, 1.54) is 9.13 Å². The summed E-state index contributed by atoms with van der Waals surface area (Å²) in [5, 5.41) is 0. The summed E-state index contributed by atoms with van der Waals surface area (Å²) < 4.78 is 6.46. The van der Waals surface area contributed by atoms with E-state index in [9.17, 15) is 9.59 Å². The van der Waals surface area contributed by atoms with E-state index in [1.54, 1.807) is 7.05 Å². The third kappa shape index (κ3) is 2.72. The fourth-order valence-corrected chi connectivity index (χ4v) is 4.25. The Bertz CT molecular complexity index is 1630. The van der Waals surface area contributed by atoms with Gasteiger partial charge in [-0.25, -0.2) is 4.79 Å². The van der Waals surface area contributed by atoms with Crippen molar-refractivity contribution in [2.75, 3.05) is 5.73 Å². The van der Waals surface area contributed by atoms with Gasteiger partial charge in [0.05, 0.1) is 17.9 Å². The molecule has 32 heavy (non-hydrogen) atoms. The number of nitrogens with zero attached hydrogens (tertiary/aromatic N) is 5. The molecule has 2 N–H and O–H groups in total. The molecule has 0 amide bonds. The number of para-hydroxylation sites is 2. The third-order valence-electron chi connectivity index (χ3n) is 6.16. The quantitative estimate of drug-likeness (QED) is 0.447. The Kier molecular flexibility index (Phi) is 4.33. The van der Waals surface area contributed by atoms with Crippen LogP contribution in [-0.2, 0) is 13.6 Å². The van der Waals surface area contributed by atoms with E-state index in [-0.39, 0.29) is 12.1 Å². The Hall–Kier alpha value is -4.07. The summed E-state index contributed by atoms with van der Waals surface area (Å²) in [6.07, 6.45) is 0. The topological polar surface area (TPSA) is 92.2 Å². The molecule has 2 aromatic carbocycles. The Morgan fingerprint density at radius 1 is 0.938 bits per heavy atom. The Balaban J connectivity index is 1.85. The molecular weight excluding hydrogens is 404 g/mol. The summed E-state index contributed by atoms with van der Waals surface area (Å²) in [7, 11) is 1.64. The summed E-state index contributed by atoms with van der Waals surface area (Å²) in [5.74, 6) is 0.549. The van der Waals surface area contributed by atoms with Crippen molar-refractivity contribution in [2.45, 2.75) is 27.3 Å². The van der Waals surface area contributed by atoms with Crippen LogP contribution in [0.4, 0.5) is 5.69 Å². The molecule has 0 aliphatic heterocycles. The molecule has 0 radical (unpaired) electrons. The second-order valence-electron chi connectivity index (χ2n) is 8.20. The van der Waals surface area contributed by atoms with Gasteiger partial charge in [-0.2, -0.15) is 4.98 Å². The predicted octanol–water partition coefficient (Wildman–Crippen LogP) is 2.69. The van der Waals surface area contributed by atoms with Crippen LogP contribution < -0.4 is 17.0 Å². The van der Waals surface area contributed by atoms with Crippen molar-refractivity contribution in [1.29, 1.82) is 0 Å². The van der Waals surface area contributed by atoms with E-state index < -0.39 is 5.69 Å². The standard InChI is InChI=1S/C24H24N6O2/c1-14-9-11-17(12-10-14)13-28-22(31)20-21(27(4)24(28)32)26-23-29(15(2)16(3)30(20)23)19-8-6-5-7-18(19)25/h5-12H,13,25H2,1-4H3. The molecule has 0 atom stereocenters. The van der Waals surface area contributed by atoms with Gasteiger partial charge in [0.1, 0.15) is 0 Å². The van der Waals surface area contributed by atoms with Gasteiger partial charge in [-0.15, -0.1) is 0 Å². The number of aryl methyl sites for hydroxylation is 3. The number of hydrogen-bond donors (Lipinski definition) is 1. The van der Waals surface area contributed by atoms with Crippen molar-refractivity contribution < 1.29 is 0 Å². The molecule has 0 unspecified atom stereocenters. The zero-order valence-corrected chi connectivity index (χ0v) is 18.5. The van der Waals surface area contributed by atoms with Crippen molar-refractivity contribution in [2.24, 2.45) is 7.05 Å². The molecule has 0 aliphatic rings. The molecule has 162 valence electrons. The largest absolute Gasteiger partial charge is 0.397 e. The van der Waals surface area contributed by atoms with Crippen molar-refractivity contribution in [3.05, 3.63) is 91.9 Å². The summed E-state index contributed by atoms with van der Waals surface area (Å²) in [6.45, 7) is 6.10. The van der Waals surface area contributed by atoms with E-state index in [4.69, 9.17) is 10.7 Å². The lowest BCUT2D eigenvalue weighted by atomic mass is 10.1. The van der Waals surface area contributed by atoms with E-state index in [1.807, 2.05) is 78.3 Å². The predicted molar refractivity (Wildman–Crippen MR) is 126 cm³/mol. The van der Waals surface area contributed by atoms with Gasteiger partial charge in [-0.05, 0) is 38.5 Å². The first-order valence-electron chi connectivity index (χ1n) is 10.4.